The van der Waals surface area contributed by atoms with Crippen molar-refractivity contribution in [3.05, 3.63) is 193 Å². The van der Waals surface area contributed by atoms with Gasteiger partial charge in [0.15, 0.2) is 5.82 Å². The molecule has 2 unspecified atom stereocenters. The number of dihydropyridines is 1. The van der Waals surface area contributed by atoms with Crippen LogP contribution in [0.15, 0.2) is 182 Å². The van der Waals surface area contributed by atoms with Crippen LogP contribution in [-0.2, 0) is 0 Å². The van der Waals surface area contributed by atoms with Gasteiger partial charge in [-0.15, -0.1) is 0 Å². The minimum atomic E-state index is 0.485. The van der Waals surface area contributed by atoms with Crippen LogP contribution in [0.3, 0.4) is 0 Å². The van der Waals surface area contributed by atoms with E-state index in [9.17, 15) is 0 Å². The largest absolute Gasteiger partial charge is 0.387 e. The van der Waals surface area contributed by atoms with Crippen molar-refractivity contribution in [1.82, 2.24) is 15.3 Å². The van der Waals surface area contributed by atoms with Crippen LogP contribution >= 0.6 is 0 Å². The Bertz CT molecular complexity index is 2590. The smallest absolute Gasteiger partial charge is 0.160 e. The number of nitrogens with one attached hydrogen (secondary N) is 1. The Morgan fingerprint density at radius 1 is 0.481 bits per heavy atom. The minimum absolute atomic E-state index is 0.485. The predicted molar refractivity (Wildman–Crippen MR) is 227 cm³/mol. The highest BCUT2D eigenvalue weighted by Gasteiger charge is 2.18. The Hall–Kier alpha value is -6.58. The summed E-state index contributed by atoms with van der Waals surface area (Å²) in [5.74, 6) is 1.72. The lowest BCUT2D eigenvalue weighted by Gasteiger charge is -2.19. The van der Waals surface area contributed by atoms with Crippen molar-refractivity contribution in [2.75, 3.05) is 6.54 Å². The fourth-order valence-electron chi connectivity index (χ4n) is 7.47. The Morgan fingerprint density at radius 2 is 1.06 bits per heavy atom. The first-order chi connectivity index (χ1) is 26.6. The van der Waals surface area contributed by atoms with Gasteiger partial charge in [-0.2, -0.15) is 0 Å². The minimum Gasteiger partial charge on any atom is -0.387 e. The lowest BCUT2D eigenvalue weighted by atomic mass is 9.86. The number of hydrogen-bond acceptors (Lipinski definition) is 3. The second kappa shape index (κ2) is 14.4. The summed E-state index contributed by atoms with van der Waals surface area (Å²) in [6, 6.07) is 52.2. The molecule has 2 aliphatic rings. The topological polar surface area (TPSA) is 37.8 Å². The van der Waals surface area contributed by atoms with Gasteiger partial charge in [0, 0.05) is 23.1 Å². The summed E-state index contributed by atoms with van der Waals surface area (Å²) in [6.07, 6.45) is 13.3. The second-order valence-corrected chi connectivity index (χ2v) is 14.4. The highest BCUT2D eigenvalue weighted by molar-refractivity contribution is 5.97. The van der Waals surface area contributed by atoms with Gasteiger partial charge in [-0.3, -0.25) is 0 Å². The number of hydrogen-bond donors (Lipinski definition) is 1. The molecule has 0 fully saturated rings. The van der Waals surface area contributed by atoms with E-state index in [0.717, 1.165) is 56.5 Å². The van der Waals surface area contributed by atoms with Gasteiger partial charge in [0.05, 0.1) is 11.2 Å². The summed E-state index contributed by atoms with van der Waals surface area (Å²) in [6.45, 7) is 5.41. The van der Waals surface area contributed by atoms with E-state index >= 15 is 0 Å². The third kappa shape index (κ3) is 6.73. The Morgan fingerprint density at radius 3 is 1.69 bits per heavy atom. The number of rotatable bonds is 7. The molecule has 1 N–H and O–H groups in total. The molecule has 0 saturated carbocycles. The lowest BCUT2D eigenvalue weighted by molar-refractivity contribution is 0.554. The van der Waals surface area contributed by atoms with Crippen LogP contribution < -0.4 is 5.32 Å². The summed E-state index contributed by atoms with van der Waals surface area (Å²) >= 11 is 0. The average molecular weight is 696 g/mol. The van der Waals surface area contributed by atoms with Crippen LogP contribution in [-0.4, -0.2) is 16.5 Å². The van der Waals surface area contributed by atoms with Crippen molar-refractivity contribution in [2.24, 2.45) is 11.8 Å². The van der Waals surface area contributed by atoms with Crippen LogP contribution in [0.25, 0.3) is 78.1 Å². The van der Waals surface area contributed by atoms with Crippen LogP contribution in [0.1, 0.15) is 25.0 Å². The molecule has 54 heavy (non-hydrogen) atoms. The van der Waals surface area contributed by atoms with Crippen LogP contribution in [0.5, 0.6) is 0 Å². The fourth-order valence-corrected chi connectivity index (χ4v) is 7.47. The van der Waals surface area contributed by atoms with Crippen molar-refractivity contribution < 1.29 is 0 Å². The standard InChI is InChI=1S/C51H41N3/c1-34-13-14-43(29-35(34)2)44-23-24-49-48(33-44)50(42-11-7-4-8-12-42)54-51(53-49)47-31-45(39-19-15-37(16-20-39)36-9-5-3-6-10-36)30-46(32-47)40-21-17-38(18-22-40)41-25-27-52-28-26-41/h3-27,29-35,52H,28H2,1-2H3. The zero-order valence-corrected chi connectivity index (χ0v) is 30.6. The van der Waals surface area contributed by atoms with Crippen molar-refractivity contribution in [3.8, 4) is 56.0 Å². The Balaban J connectivity index is 1.19. The first-order valence-electron chi connectivity index (χ1n) is 18.9. The third-order valence-corrected chi connectivity index (χ3v) is 10.8. The molecule has 3 nitrogen and oxygen atoms in total. The Labute approximate surface area is 317 Å². The lowest BCUT2D eigenvalue weighted by Crippen LogP contribution is -2.08. The van der Waals surface area contributed by atoms with Gasteiger partial charge in [0.25, 0.3) is 0 Å². The summed E-state index contributed by atoms with van der Waals surface area (Å²) in [7, 11) is 0. The summed E-state index contributed by atoms with van der Waals surface area (Å²) in [5, 5.41) is 4.30. The van der Waals surface area contributed by atoms with Crippen molar-refractivity contribution in [3.63, 3.8) is 0 Å². The molecule has 0 spiro atoms. The summed E-state index contributed by atoms with van der Waals surface area (Å²) in [5.41, 5.74) is 15.7. The molecule has 0 radical (unpaired) electrons. The van der Waals surface area contributed by atoms with E-state index in [-0.39, 0.29) is 0 Å². The molecular weight excluding hydrogens is 655 g/mol. The molecule has 260 valence electrons. The molecule has 0 bridgehead atoms. The second-order valence-electron chi connectivity index (χ2n) is 14.4. The molecule has 2 atom stereocenters. The first kappa shape index (κ1) is 33.3. The maximum atomic E-state index is 5.38. The highest BCUT2D eigenvalue weighted by Crippen LogP contribution is 2.37. The monoisotopic (exact) mass is 695 g/mol. The summed E-state index contributed by atoms with van der Waals surface area (Å²) < 4.78 is 0. The zero-order chi connectivity index (χ0) is 36.4. The zero-order valence-electron chi connectivity index (χ0n) is 30.6. The molecule has 6 aromatic carbocycles. The third-order valence-electron chi connectivity index (χ3n) is 10.8. The number of aromatic nitrogens is 2. The molecule has 9 rings (SSSR count). The van der Waals surface area contributed by atoms with E-state index in [2.05, 4.69) is 195 Å². The van der Waals surface area contributed by atoms with E-state index in [1.807, 2.05) is 6.20 Å². The van der Waals surface area contributed by atoms with E-state index < -0.39 is 0 Å². The SMILES string of the molecule is CC1C=CC(c2ccc3nc(-c4cc(-c5ccc(C6=CCNC=C6)cc5)cc(-c5ccc(-c6ccccc6)cc5)c4)nc(-c4ccccc4)c3c2)=CC1C. The average Bonchev–Trinajstić information content (AvgIpc) is 3.25. The van der Waals surface area contributed by atoms with Crippen molar-refractivity contribution in [2.45, 2.75) is 13.8 Å². The quantitative estimate of drug-likeness (QED) is 0.180. The first-order valence-corrected chi connectivity index (χ1v) is 18.9. The number of benzene rings is 6. The van der Waals surface area contributed by atoms with Gasteiger partial charge >= 0.3 is 0 Å². The van der Waals surface area contributed by atoms with E-state index in [1.54, 1.807) is 0 Å². The maximum Gasteiger partial charge on any atom is 0.160 e. The van der Waals surface area contributed by atoms with Gasteiger partial charge < -0.3 is 5.32 Å². The predicted octanol–water partition coefficient (Wildman–Crippen LogP) is 12.7. The molecule has 1 aliphatic heterocycles. The normalized spacial score (nSPS) is 16.5. The molecule has 3 heteroatoms. The number of allylic oxidation sites excluding steroid dienone is 6. The van der Waals surface area contributed by atoms with E-state index in [4.69, 9.17) is 9.97 Å². The van der Waals surface area contributed by atoms with Gasteiger partial charge in [0.2, 0.25) is 0 Å². The molecule has 0 saturated heterocycles. The maximum absolute atomic E-state index is 5.38. The number of nitrogens with zero attached hydrogens (tertiary/aromatic N) is 2. The van der Waals surface area contributed by atoms with Gasteiger partial charge in [-0.25, -0.2) is 9.97 Å². The molecule has 7 aromatic rings. The molecule has 1 aliphatic carbocycles. The van der Waals surface area contributed by atoms with Crippen molar-refractivity contribution >= 4 is 22.0 Å². The fraction of sp³-hybridized carbons (Fsp3) is 0.0980. The molecular formula is C51H41N3. The molecule has 1 aromatic heterocycles. The van der Waals surface area contributed by atoms with Crippen molar-refractivity contribution in [1.29, 1.82) is 0 Å². The van der Waals surface area contributed by atoms with Gasteiger partial charge in [-0.05, 0) is 110 Å². The van der Waals surface area contributed by atoms with E-state index in [0.29, 0.717) is 17.7 Å². The van der Waals surface area contributed by atoms with Crippen LogP contribution in [0, 0.1) is 11.8 Å². The van der Waals surface area contributed by atoms with Crippen LogP contribution in [0.4, 0.5) is 0 Å². The highest BCUT2D eigenvalue weighted by atomic mass is 14.9. The number of fused-ring (bicyclic) bond motifs is 1. The molecule has 2 heterocycles. The summed E-state index contributed by atoms with van der Waals surface area (Å²) in [4.78, 5) is 10.7. The Kier molecular flexibility index (Phi) is 8.90. The van der Waals surface area contributed by atoms with Gasteiger partial charge in [-0.1, -0.05) is 153 Å². The van der Waals surface area contributed by atoms with Crippen LogP contribution in [0.2, 0.25) is 0 Å². The molecule has 0 amide bonds. The van der Waals surface area contributed by atoms with Gasteiger partial charge in [0.1, 0.15) is 0 Å². The van der Waals surface area contributed by atoms with E-state index in [1.165, 1.54) is 33.4 Å².